The summed E-state index contributed by atoms with van der Waals surface area (Å²) in [5.74, 6) is 0. The average Bonchev–Trinajstić information content (AvgIpc) is 2.67. The molecule has 2 aromatic carbocycles. The molecule has 0 atom stereocenters. The Morgan fingerprint density at radius 2 is 1.73 bits per heavy atom. The molecule has 0 aliphatic carbocycles. The number of hydrogen-bond acceptors (Lipinski definition) is 0. The van der Waals surface area contributed by atoms with E-state index >= 15 is 0 Å². The number of hydrogen-bond donors (Lipinski definition) is 1. The van der Waals surface area contributed by atoms with Gasteiger partial charge in [0.05, 0.1) is 5.52 Å². The summed E-state index contributed by atoms with van der Waals surface area (Å²) in [4.78, 5) is 3.30. The standard InChI is InChI=1S/C13H10NO/c15-8-9-4-3-6-11-10-5-1-2-7-12(10)14-13(9)11/h1-7,14H,8H2. The molecule has 0 aliphatic heterocycles. The third-order valence-electron chi connectivity index (χ3n) is 2.78. The van der Waals surface area contributed by atoms with Crippen molar-refractivity contribution in [3.8, 4) is 0 Å². The van der Waals surface area contributed by atoms with Crippen molar-refractivity contribution in [3.63, 3.8) is 0 Å². The van der Waals surface area contributed by atoms with Crippen LogP contribution in [0, 0.1) is 0 Å². The fourth-order valence-corrected chi connectivity index (χ4v) is 2.05. The Balaban J connectivity index is 2.53. The maximum atomic E-state index is 11.0. The van der Waals surface area contributed by atoms with Gasteiger partial charge in [-0.2, -0.15) is 0 Å². The van der Waals surface area contributed by atoms with Gasteiger partial charge in [0.25, 0.3) is 0 Å². The van der Waals surface area contributed by atoms with E-state index in [1.807, 2.05) is 36.4 Å². The first-order valence-electron chi connectivity index (χ1n) is 4.96. The number of para-hydroxylation sites is 2. The lowest BCUT2D eigenvalue weighted by Crippen LogP contribution is -1.82. The fourth-order valence-electron chi connectivity index (χ4n) is 2.05. The summed E-state index contributed by atoms with van der Waals surface area (Å²) in [5, 5.41) is 13.3. The zero-order valence-corrected chi connectivity index (χ0v) is 8.16. The molecule has 2 nitrogen and oxygen atoms in total. The highest BCUT2D eigenvalue weighted by Gasteiger charge is 2.06. The van der Waals surface area contributed by atoms with E-state index in [0.29, 0.717) is 0 Å². The van der Waals surface area contributed by atoms with E-state index in [2.05, 4.69) is 11.1 Å². The second kappa shape index (κ2) is 3.11. The molecule has 0 amide bonds. The summed E-state index contributed by atoms with van der Waals surface area (Å²) >= 11 is 0. The van der Waals surface area contributed by atoms with Crippen molar-refractivity contribution in [2.45, 2.75) is 6.61 Å². The largest absolute Gasteiger partial charge is 0.354 e. The van der Waals surface area contributed by atoms with Crippen LogP contribution >= 0.6 is 0 Å². The molecule has 0 fully saturated rings. The van der Waals surface area contributed by atoms with Crippen LogP contribution in [0.4, 0.5) is 0 Å². The highest BCUT2D eigenvalue weighted by Crippen LogP contribution is 2.27. The summed E-state index contributed by atoms with van der Waals surface area (Å²) in [6.45, 7) is -0.176. The molecule has 1 N–H and O–H groups in total. The Bertz CT molecular complexity index is 625. The summed E-state index contributed by atoms with van der Waals surface area (Å²) in [7, 11) is 0. The lowest BCUT2D eigenvalue weighted by molar-refractivity contribution is 0.178. The fraction of sp³-hybridized carbons (Fsp3) is 0.0769. The first-order chi connectivity index (χ1) is 7.40. The predicted molar refractivity (Wildman–Crippen MR) is 60.2 cm³/mol. The number of nitrogens with one attached hydrogen (secondary N) is 1. The van der Waals surface area contributed by atoms with Gasteiger partial charge in [-0.3, -0.25) is 0 Å². The van der Waals surface area contributed by atoms with Gasteiger partial charge in [0, 0.05) is 21.9 Å². The van der Waals surface area contributed by atoms with Crippen LogP contribution in [0.1, 0.15) is 5.56 Å². The van der Waals surface area contributed by atoms with Crippen LogP contribution in [0.5, 0.6) is 0 Å². The molecule has 1 radical (unpaired) electrons. The minimum atomic E-state index is -0.176. The van der Waals surface area contributed by atoms with Gasteiger partial charge >= 0.3 is 0 Å². The van der Waals surface area contributed by atoms with Gasteiger partial charge in [0.2, 0.25) is 0 Å². The van der Waals surface area contributed by atoms with Crippen LogP contribution in [-0.2, 0) is 11.7 Å². The SMILES string of the molecule is [O]Cc1cccc2c1[nH]c1ccccc12. The van der Waals surface area contributed by atoms with Gasteiger partial charge in [0.1, 0.15) is 6.61 Å². The van der Waals surface area contributed by atoms with Crippen LogP contribution in [0.3, 0.4) is 0 Å². The Morgan fingerprint density at radius 1 is 0.933 bits per heavy atom. The Kier molecular flexibility index (Phi) is 1.76. The van der Waals surface area contributed by atoms with Gasteiger partial charge in [-0.05, 0) is 6.07 Å². The van der Waals surface area contributed by atoms with E-state index in [4.69, 9.17) is 0 Å². The number of fused-ring (bicyclic) bond motifs is 3. The van der Waals surface area contributed by atoms with Gasteiger partial charge in [-0.15, -0.1) is 0 Å². The normalized spacial score (nSPS) is 11.3. The molecular weight excluding hydrogens is 186 g/mol. The predicted octanol–water partition coefficient (Wildman–Crippen LogP) is 3.25. The molecule has 0 aliphatic rings. The molecule has 0 bridgehead atoms. The van der Waals surface area contributed by atoms with Crippen molar-refractivity contribution in [2.75, 3.05) is 0 Å². The molecule has 3 rings (SSSR count). The quantitative estimate of drug-likeness (QED) is 0.620. The molecule has 15 heavy (non-hydrogen) atoms. The van der Waals surface area contributed by atoms with E-state index in [0.717, 1.165) is 22.0 Å². The Labute approximate surface area is 87.2 Å². The third-order valence-corrected chi connectivity index (χ3v) is 2.78. The molecule has 0 saturated heterocycles. The Morgan fingerprint density at radius 3 is 2.60 bits per heavy atom. The average molecular weight is 196 g/mol. The molecule has 1 aromatic heterocycles. The van der Waals surface area contributed by atoms with Gasteiger partial charge in [-0.1, -0.05) is 36.4 Å². The summed E-state index contributed by atoms with van der Waals surface area (Å²) < 4.78 is 0. The molecule has 0 saturated carbocycles. The monoisotopic (exact) mass is 196 g/mol. The first kappa shape index (κ1) is 8.50. The van der Waals surface area contributed by atoms with Crippen molar-refractivity contribution >= 4 is 21.8 Å². The molecular formula is C13H10NO. The van der Waals surface area contributed by atoms with Crippen LogP contribution < -0.4 is 0 Å². The van der Waals surface area contributed by atoms with Crippen LogP contribution in [-0.4, -0.2) is 4.98 Å². The number of rotatable bonds is 1. The first-order valence-corrected chi connectivity index (χ1v) is 4.96. The summed E-state index contributed by atoms with van der Waals surface area (Å²) in [6.07, 6.45) is 0. The second-order valence-corrected chi connectivity index (χ2v) is 3.65. The molecule has 0 spiro atoms. The maximum Gasteiger partial charge on any atom is 0.109 e. The maximum absolute atomic E-state index is 11.0. The van der Waals surface area contributed by atoms with E-state index in [1.165, 1.54) is 5.39 Å². The zero-order valence-electron chi connectivity index (χ0n) is 8.16. The third kappa shape index (κ3) is 1.15. The highest BCUT2D eigenvalue weighted by atomic mass is 16.3. The number of aromatic nitrogens is 1. The highest BCUT2D eigenvalue weighted by molar-refractivity contribution is 6.08. The summed E-state index contributed by atoms with van der Waals surface area (Å²) in [5.41, 5.74) is 2.91. The lowest BCUT2D eigenvalue weighted by atomic mass is 10.1. The number of H-pyrrole nitrogens is 1. The van der Waals surface area contributed by atoms with Crippen LogP contribution in [0.15, 0.2) is 42.5 Å². The van der Waals surface area contributed by atoms with Crippen LogP contribution in [0.25, 0.3) is 21.8 Å². The molecule has 73 valence electrons. The summed E-state index contributed by atoms with van der Waals surface area (Å²) in [6, 6.07) is 14.0. The number of benzene rings is 2. The van der Waals surface area contributed by atoms with E-state index in [-0.39, 0.29) is 6.61 Å². The van der Waals surface area contributed by atoms with Crippen molar-refractivity contribution in [2.24, 2.45) is 0 Å². The van der Waals surface area contributed by atoms with E-state index < -0.39 is 0 Å². The Hall–Kier alpha value is -1.80. The van der Waals surface area contributed by atoms with Crippen molar-refractivity contribution in [1.29, 1.82) is 0 Å². The van der Waals surface area contributed by atoms with Gasteiger partial charge < -0.3 is 4.98 Å². The molecule has 2 heteroatoms. The van der Waals surface area contributed by atoms with Gasteiger partial charge in [-0.25, -0.2) is 5.11 Å². The van der Waals surface area contributed by atoms with Crippen molar-refractivity contribution in [3.05, 3.63) is 48.0 Å². The second-order valence-electron chi connectivity index (χ2n) is 3.65. The van der Waals surface area contributed by atoms with Crippen LogP contribution in [0.2, 0.25) is 0 Å². The van der Waals surface area contributed by atoms with Gasteiger partial charge in [0.15, 0.2) is 0 Å². The molecule has 0 unspecified atom stereocenters. The zero-order chi connectivity index (χ0) is 10.3. The number of aromatic amines is 1. The minimum absolute atomic E-state index is 0.176. The lowest BCUT2D eigenvalue weighted by Gasteiger charge is -1.96. The molecule has 1 heterocycles. The van der Waals surface area contributed by atoms with Crippen molar-refractivity contribution in [1.82, 2.24) is 4.98 Å². The minimum Gasteiger partial charge on any atom is -0.354 e. The smallest absolute Gasteiger partial charge is 0.109 e. The van der Waals surface area contributed by atoms with Crippen molar-refractivity contribution < 1.29 is 5.11 Å². The van der Waals surface area contributed by atoms with E-state index in [1.54, 1.807) is 0 Å². The topological polar surface area (TPSA) is 35.7 Å². The molecule has 3 aromatic rings. The van der Waals surface area contributed by atoms with E-state index in [9.17, 15) is 5.11 Å².